The molecule has 1 aromatic carbocycles. The predicted octanol–water partition coefficient (Wildman–Crippen LogP) is 1.28. The van der Waals surface area contributed by atoms with Crippen LogP contribution >= 0.6 is 0 Å². The van der Waals surface area contributed by atoms with Gasteiger partial charge >= 0.3 is 0 Å². The van der Waals surface area contributed by atoms with E-state index in [9.17, 15) is 10.1 Å². The summed E-state index contributed by atoms with van der Waals surface area (Å²) in [5.74, 6) is 1.46. The second kappa shape index (κ2) is 8.24. The Morgan fingerprint density at radius 2 is 1.88 bits per heavy atom. The monoisotopic (exact) mass is 355 g/mol. The first-order valence-corrected chi connectivity index (χ1v) is 8.39. The molecule has 2 heterocycles. The molecule has 0 unspecified atom stereocenters. The van der Waals surface area contributed by atoms with Gasteiger partial charge in [0.15, 0.2) is 5.96 Å². The van der Waals surface area contributed by atoms with E-state index in [2.05, 4.69) is 30.1 Å². The van der Waals surface area contributed by atoms with Crippen molar-refractivity contribution in [1.82, 2.24) is 20.2 Å². The molecule has 2 aromatic rings. The Balaban J connectivity index is 1.58. The molecule has 3 rings (SSSR count). The van der Waals surface area contributed by atoms with Gasteiger partial charge in [0.1, 0.15) is 0 Å². The minimum absolute atomic E-state index is 0.112. The van der Waals surface area contributed by atoms with Crippen molar-refractivity contribution in [3.05, 3.63) is 58.4 Å². The summed E-state index contributed by atoms with van der Waals surface area (Å²) in [6, 6.07) is 8.53. The largest absolute Gasteiger partial charge is 0.352 e. The van der Waals surface area contributed by atoms with Crippen molar-refractivity contribution in [3.63, 3.8) is 0 Å². The van der Waals surface area contributed by atoms with E-state index in [4.69, 9.17) is 0 Å². The smallest absolute Gasteiger partial charge is 0.274 e. The zero-order chi connectivity index (χ0) is 18.4. The number of aliphatic imine (C=N–C) groups is 1. The number of anilines is 1. The lowest BCUT2D eigenvalue weighted by atomic mass is 10.2. The van der Waals surface area contributed by atoms with Crippen molar-refractivity contribution in [2.45, 2.75) is 6.54 Å². The first kappa shape index (κ1) is 17.6. The average Bonchev–Trinajstić information content (AvgIpc) is 2.70. The quantitative estimate of drug-likeness (QED) is 0.382. The number of rotatable bonds is 4. The molecule has 136 valence electrons. The maximum absolute atomic E-state index is 11.1. The Hall–Kier alpha value is -3.23. The van der Waals surface area contributed by atoms with Crippen molar-refractivity contribution in [1.29, 1.82) is 0 Å². The molecule has 0 bridgehead atoms. The Kier molecular flexibility index (Phi) is 5.57. The topological polar surface area (TPSA) is 99.8 Å². The highest BCUT2D eigenvalue weighted by Gasteiger charge is 2.21. The van der Waals surface area contributed by atoms with Gasteiger partial charge in [-0.25, -0.2) is 9.97 Å². The van der Waals surface area contributed by atoms with Crippen LogP contribution in [-0.4, -0.2) is 59.0 Å². The van der Waals surface area contributed by atoms with Crippen LogP contribution in [0.25, 0.3) is 0 Å². The fourth-order valence-corrected chi connectivity index (χ4v) is 2.92. The molecule has 9 nitrogen and oxygen atoms in total. The number of aromatic nitrogens is 2. The third-order valence-corrected chi connectivity index (χ3v) is 4.25. The second-order valence-electron chi connectivity index (χ2n) is 5.81. The van der Waals surface area contributed by atoms with E-state index in [1.54, 1.807) is 43.7 Å². The van der Waals surface area contributed by atoms with Gasteiger partial charge in [0.2, 0.25) is 5.95 Å². The number of nitro groups is 1. The summed E-state index contributed by atoms with van der Waals surface area (Å²) in [7, 11) is 1.72. The number of guanidine groups is 1. The highest BCUT2D eigenvalue weighted by molar-refractivity contribution is 5.80. The summed E-state index contributed by atoms with van der Waals surface area (Å²) in [5.41, 5.74) is 0.747. The number of nitrogens with zero attached hydrogens (tertiary/aromatic N) is 6. The summed E-state index contributed by atoms with van der Waals surface area (Å²) in [6.45, 7) is 3.47. The van der Waals surface area contributed by atoms with Gasteiger partial charge in [-0.2, -0.15) is 0 Å². The van der Waals surface area contributed by atoms with E-state index < -0.39 is 0 Å². The molecular weight excluding hydrogens is 334 g/mol. The van der Waals surface area contributed by atoms with Crippen LogP contribution in [0.3, 0.4) is 0 Å². The Morgan fingerprint density at radius 1 is 1.19 bits per heavy atom. The molecular formula is C17H21N7O2. The maximum Gasteiger partial charge on any atom is 0.274 e. The Bertz CT molecular complexity index is 774. The molecule has 26 heavy (non-hydrogen) atoms. The number of piperazine rings is 1. The van der Waals surface area contributed by atoms with Crippen LogP contribution in [0.2, 0.25) is 0 Å². The molecule has 1 saturated heterocycles. The van der Waals surface area contributed by atoms with Crippen LogP contribution in [0.5, 0.6) is 0 Å². The molecule has 1 aromatic heterocycles. The number of hydrogen-bond acceptors (Lipinski definition) is 6. The van der Waals surface area contributed by atoms with Crippen LogP contribution in [0.4, 0.5) is 11.6 Å². The van der Waals surface area contributed by atoms with Crippen LogP contribution in [0, 0.1) is 10.1 Å². The van der Waals surface area contributed by atoms with Crippen molar-refractivity contribution in [3.8, 4) is 0 Å². The molecule has 0 radical (unpaired) electrons. The minimum Gasteiger partial charge on any atom is -0.352 e. The van der Waals surface area contributed by atoms with Crippen LogP contribution < -0.4 is 10.2 Å². The van der Waals surface area contributed by atoms with E-state index in [1.807, 2.05) is 0 Å². The molecule has 0 amide bonds. The van der Waals surface area contributed by atoms with Gasteiger partial charge in [-0.3, -0.25) is 15.1 Å². The number of nitro benzene ring substituents is 1. The van der Waals surface area contributed by atoms with Crippen LogP contribution in [0.1, 0.15) is 5.56 Å². The van der Waals surface area contributed by atoms with Gasteiger partial charge in [0.25, 0.3) is 5.69 Å². The molecule has 1 N–H and O–H groups in total. The first-order chi connectivity index (χ1) is 12.7. The van der Waals surface area contributed by atoms with Crippen LogP contribution in [0.15, 0.2) is 47.7 Å². The minimum atomic E-state index is -0.363. The molecule has 9 heteroatoms. The van der Waals surface area contributed by atoms with E-state index in [1.165, 1.54) is 6.07 Å². The summed E-state index contributed by atoms with van der Waals surface area (Å²) >= 11 is 0. The zero-order valence-electron chi connectivity index (χ0n) is 14.6. The lowest BCUT2D eigenvalue weighted by Crippen LogP contribution is -2.52. The molecule has 0 aliphatic carbocycles. The summed E-state index contributed by atoms with van der Waals surface area (Å²) in [4.78, 5) is 27.9. The second-order valence-corrected chi connectivity index (χ2v) is 5.81. The van der Waals surface area contributed by atoms with Gasteiger partial charge in [0, 0.05) is 63.8 Å². The number of benzene rings is 1. The third-order valence-electron chi connectivity index (χ3n) is 4.25. The van der Waals surface area contributed by atoms with Crippen molar-refractivity contribution in [2.24, 2.45) is 4.99 Å². The van der Waals surface area contributed by atoms with E-state index in [-0.39, 0.29) is 10.6 Å². The summed E-state index contributed by atoms with van der Waals surface area (Å²) in [6.07, 6.45) is 3.48. The third kappa shape index (κ3) is 4.05. The normalized spacial score (nSPS) is 15.0. The molecule has 1 fully saturated rings. The maximum atomic E-state index is 11.1. The molecule has 1 aliphatic heterocycles. The fraction of sp³-hybridized carbons (Fsp3) is 0.353. The van der Waals surface area contributed by atoms with Crippen LogP contribution in [-0.2, 0) is 6.54 Å². The lowest BCUT2D eigenvalue weighted by Gasteiger charge is -2.36. The number of para-hydroxylation sites is 1. The van der Waals surface area contributed by atoms with Gasteiger partial charge in [-0.15, -0.1) is 0 Å². The fourth-order valence-electron chi connectivity index (χ4n) is 2.92. The molecule has 1 aliphatic rings. The highest BCUT2D eigenvalue weighted by atomic mass is 16.6. The number of nitrogens with one attached hydrogen (secondary N) is 1. The standard InChI is InChI=1S/C17H21N7O2/c1-18-16(21-13-14-5-2-3-6-15(14)24(25)26)22-9-11-23(12-10-22)17-19-7-4-8-20-17/h2-8H,9-13H2,1H3,(H,18,21). The summed E-state index contributed by atoms with van der Waals surface area (Å²) < 4.78 is 0. The van der Waals surface area contributed by atoms with E-state index in [0.717, 1.165) is 38.1 Å². The summed E-state index contributed by atoms with van der Waals surface area (Å²) in [5, 5.41) is 14.4. The van der Waals surface area contributed by atoms with Gasteiger partial charge < -0.3 is 15.1 Å². The first-order valence-electron chi connectivity index (χ1n) is 8.39. The lowest BCUT2D eigenvalue weighted by molar-refractivity contribution is -0.385. The average molecular weight is 355 g/mol. The number of hydrogen-bond donors (Lipinski definition) is 1. The van der Waals surface area contributed by atoms with E-state index in [0.29, 0.717) is 12.1 Å². The highest BCUT2D eigenvalue weighted by Crippen LogP contribution is 2.17. The molecule has 0 saturated carbocycles. The van der Waals surface area contributed by atoms with Crippen molar-refractivity contribution in [2.75, 3.05) is 38.1 Å². The Morgan fingerprint density at radius 3 is 2.54 bits per heavy atom. The van der Waals surface area contributed by atoms with Gasteiger partial charge in [-0.05, 0) is 6.07 Å². The Labute approximate surface area is 151 Å². The zero-order valence-corrected chi connectivity index (χ0v) is 14.6. The molecule has 0 atom stereocenters. The van der Waals surface area contributed by atoms with Crippen molar-refractivity contribution >= 4 is 17.6 Å². The van der Waals surface area contributed by atoms with Gasteiger partial charge in [-0.1, -0.05) is 18.2 Å². The predicted molar refractivity (Wildman–Crippen MR) is 99.1 cm³/mol. The van der Waals surface area contributed by atoms with E-state index >= 15 is 0 Å². The molecule has 0 spiro atoms. The van der Waals surface area contributed by atoms with Crippen molar-refractivity contribution < 1.29 is 4.92 Å². The van der Waals surface area contributed by atoms with Gasteiger partial charge in [0.05, 0.1) is 4.92 Å². The SMILES string of the molecule is CN=C(NCc1ccccc1[N+](=O)[O-])N1CCN(c2ncccn2)CC1.